The van der Waals surface area contributed by atoms with E-state index >= 15 is 0 Å². The first-order valence-corrected chi connectivity index (χ1v) is 7.74. The minimum Gasteiger partial charge on any atom is -0.373 e. The van der Waals surface area contributed by atoms with Crippen LogP contribution in [0, 0.1) is 0 Å². The maximum absolute atomic E-state index is 6.14. The van der Waals surface area contributed by atoms with E-state index in [0.29, 0.717) is 6.61 Å². The van der Waals surface area contributed by atoms with Crippen LogP contribution in [-0.2, 0) is 4.74 Å². The number of hydrogen-bond acceptors (Lipinski definition) is 4. The van der Waals surface area contributed by atoms with Gasteiger partial charge in [-0.15, -0.1) is 0 Å². The molecule has 2 aromatic rings. The summed E-state index contributed by atoms with van der Waals surface area (Å²) in [6.07, 6.45) is 6.40. The lowest BCUT2D eigenvalue weighted by Crippen LogP contribution is -2.47. The number of nitrogens with zero attached hydrogens (tertiary/aromatic N) is 1. The van der Waals surface area contributed by atoms with Gasteiger partial charge >= 0.3 is 0 Å². The van der Waals surface area contributed by atoms with E-state index in [0.717, 1.165) is 29.3 Å². The van der Waals surface area contributed by atoms with E-state index in [-0.39, 0.29) is 11.6 Å². The van der Waals surface area contributed by atoms with Crippen LogP contribution in [0.25, 0.3) is 10.9 Å². The number of ether oxygens (including phenoxy) is 1. The van der Waals surface area contributed by atoms with Gasteiger partial charge in [-0.3, -0.25) is 16.3 Å². The van der Waals surface area contributed by atoms with Gasteiger partial charge in [-0.1, -0.05) is 31.0 Å². The van der Waals surface area contributed by atoms with Crippen molar-refractivity contribution in [1.29, 1.82) is 0 Å². The Kier molecular flexibility index (Phi) is 4.19. The Labute approximate surface area is 125 Å². The fraction of sp³-hybridized carbons (Fsp3) is 0.471. The Morgan fingerprint density at radius 3 is 2.81 bits per heavy atom. The molecule has 1 heterocycles. The van der Waals surface area contributed by atoms with Crippen molar-refractivity contribution in [3.63, 3.8) is 0 Å². The van der Waals surface area contributed by atoms with Gasteiger partial charge in [0.25, 0.3) is 0 Å². The zero-order valence-electron chi connectivity index (χ0n) is 12.5. The second-order valence-electron chi connectivity index (χ2n) is 5.77. The number of nitrogens with one attached hydrogen (secondary N) is 1. The van der Waals surface area contributed by atoms with Gasteiger partial charge in [0.15, 0.2) is 0 Å². The number of rotatable bonds is 5. The van der Waals surface area contributed by atoms with Gasteiger partial charge in [0.2, 0.25) is 0 Å². The lowest BCUT2D eigenvalue weighted by molar-refractivity contribution is -0.0627. The Hall–Kier alpha value is -1.49. The Morgan fingerprint density at radius 1 is 1.33 bits per heavy atom. The van der Waals surface area contributed by atoms with Crippen LogP contribution in [0.15, 0.2) is 36.5 Å². The van der Waals surface area contributed by atoms with Gasteiger partial charge in [-0.2, -0.15) is 0 Å². The molecule has 0 radical (unpaired) electrons. The topological polar surface area (TPSA) is 60.2 Å². The summed E-state index contributed by atoms with van der Waals surface area (Å²) in [5, 5.41) is 1.14. The summed E-state index contributed by atoms with van der Waals surface area (Å²) in [5.74, 6) is 5.89. The third kappa shape index (κ3) is 2.67. The molecule has 112 valence electrons. The van der Waals surface area contributed by atoms with Crippen molar-refractivity contribution >= 4 is 10.9 Å². The minimum absolute atomic E-state index is 0.0166. The minimum atomic E-state index is -0.201. The highest BCUT2D eigenvalue weighted by Gasteiger charge is 2.42. The second kappa shape index (κ2) is 6.10. The first kappa shape index (κ1) is 14.4. The van der Waals surface area contributed by atoms with Crippen molar-refractivity contribution in [3.05, 3.63) is 42.1 Å². The smallest absolute Gasteiger partial charge is 0.0889 e. The molecular formula is C17H23N3O. The molecule has 1 saturated carbocycles. The summed E-state index contributed by atoms with van der Waals surface area (Å²) in [7, 11) is 0. The monoisotopic (exact) mass is 285 g/mol. The number of pyridine rings is 1. The van der Waals surface area contributed by atoms with Crippen LogP contribution in [0.2, 0.25) is 0 Å². The predicted octanol–water partition coefficient (Wildman–Crippen LogP) is 3.09. The Balaban J connectivity index is 2.00. The molecule has 0 amide bonds. The number of fused-ring (bicyclic) bond motifs is 1. The van der Waals surface area contributed by atoms with Gasteiger partial charge in [-0.25, -0.2) is 0 Å². The maximum Gasteiger partial charge on any atom is 0.0889 e. The van der Waals surface area contributed by atoms with Crippen molar-refractivity contribution in [2.24, 2.45) is 5.84 Å². The molecule has 1 fully saturated rings. The van der Waals surface area contributed by atoms with Crippen LogP contribution in [0.1, 0.15) is 44.2 Å². The molecule has 1 aromatic heterocycles. The highest BCUT2D eigenvalue weighted by atomic mass is 16.5. The molecule has 3 N–H and O–H groups in total. The number of aromatic nitrogens is 1. The second-order valence-corrected chi connectivity index (χ2v) is 5.77. The molecule has 1 aliphatic carbocycles. The largest absolute Gasteiger partial charge is 0.373 e. The van der Waals surface area contributed by atoms with E-state index in [4.69, 9.17) is 10.6 Å². The first-order chi connectivity index (χ1) is 10.3. The van der Waals surface area contributed by atoms with Crippen LogP contribution >= 0.6 is 0 Å². The van der Waals surface area contributed by atoms with Crippen molar-refractivity contribution in [2.75, 3.05) is 6.61 Å². The molecule has 0 bridgehead atoms. The molecule has 1 aliphatic rings. The fourth-order valence-electron chi connectivity index (χ4n) is 3.58. The molecule has 0 spiro atoms. The third-order valence-corrected chi connectivity index (χ3v) is 4.52. The normalized spacial score (nSPS) is 19.0. The van der Waals surface area contributed by atoms with E-state index < -0.39 is 0 Å². The summed E-state index contributed by atoms with van der Waals surface area (Å²) in [6.45, 7) is 2.76. The molecule has 4 heteroatoms. The van der Waals surface area contributed by atoms with Crippen LogP contribution in [0.4, 0.5) is 0 Å². The number of hydrogen-bond donors (Lipinski definition) is 2. The van der Waals surface area contributed by atoms with E-state index in [9.17, 15) is 0 Å². The quantitative estimate of drug-likeness (QED) is 0.654. The molecule has 1 unspecified atom stereocenters. The standard InChI is InChI=1S/C17H23N3O/c1-2-21-17(9-5-6-10-17)16(20-18)14-11-13-7-3-4-8-15(13)19-12-14/h3-4,7-8,11-12,16,20H,2,5-6,9-10,18H2,1H3. The summed E-state index contributed by atoms with van der Waals surface area (Å²) < 4.78 is 6.14. The first-order valence-electron chi connectivity index (χ1n) is 7.74. The molecule has 0 saturated heterocycles. The van der Waals surface area contributed by atoms with Crippen molar-refractivity contribution < 1.29 is 4.74 Å². The highest BCUT2D eigenvalue weighted by Crippen LogP contribution is 2.42. The average molecular weight is 285 g/mol. The van der Waals surface area contributed by atoms with Gasteiger partial charge < -0.3 is 4.74 Å². The number of benzene rings is 1. The van der Waals surface area contributed by atoms with Gasteiger partial charge in [0, 0.05) is 18.2 Å². The summed E-state index contributed by atoms with van der Waals surface area (Å²) in [6, 6.07) is 10.3. The summed E-state index contributed by atoms with van der Waals surface area (Å²) in [5.41, 5.74) is 4.90. The molecule has 0 aliphatic heterocycles. The fourth-order valence-corrected chi connectivity index (χ4v) is 3.58. The Bertz CT molecular complexity index is 608. The van der Waals surface area contributed by atoms with Crippen molar-refractivity contribution in [2.45, 2.75) is 44.2 Å². The van der Waals surface area contributed by atoms with Crippen LogP contribution in [-0.4, -0.2) is 17.2 Å². The summed E-state index contributed by atoms with van der Waals surface area (Å²) in [4.78, 5) is 4.56. The molecule has 1 atom stereocenters. The Morgan fingerprint density at radius 2 is 2.10 bits per heavy atom. The van der Waals surface area contributed by atoms with Crippen LogP contribution in [0.3, 0.4) is 0 Å². The van der Waals surface area contributed by atoms with E-state index in [2.05, 4.69) is 22.5 Å². The average Bonchev–Trinajstić information content (AvgIpc) is 2.97. The van der Waals surface area contributed by atoms with E-state index in [1.165, 1.54) is 12.8 Å². The maximum atomic E-state index is 6.14. The van der Waals surface area contributed by atoms with Crippen LogP contribution < -0.4 is 11.3 Å². The number of nitrogens with two attached hydrogens (primary N) is 1. The third-order valence-electron chi connectivity index (χ3n) is 4.52. The van der Waals surface area contributed by atoms with Crippen molar-refractivity contribution in [3.8, 4) is 0 Å². The lowest BCUT2D eigenvalue weighted by Gasteiger charge is -2.37. The highest BCUT2D eigenvalue weighted by molar-refractivity contribution is 5.78. The van der Waals surface area contributed by atoms with E-state index in [1.807, 2.05) is 31.3 Å². The predicted molar refractivity (Wildman–Crippen MR) is 84.6 cm³/mol. The lowest BCUT2D eigenvalue weighted by atomic mass is 9.87. The van der Waals surface area contributed by atoms with Gasteiger partial charge in [0.1, 0.15) is 0 Å². The molecular weight excluding hydrogens is 262 g/mol. The van der Waals surface area contributed by atoms with E-state index in [1.54, 1.807) is 0 Å². The molecule has 1 aromatic carbocycles. The molecule has 3 rings (SSSR count). The number of hydrazine groups is 1. The number of para-hydroxylation sites is 1. The zero-order valence-corrected chi connectivity index (χ0v) is 12.5. The van der Waals surface area contributed by atoms with Gasteiger partial charge in [-0.05, 0) is 37.5 Å². The zero-order chi connectivity index (χ0) is 14.7. The van der Waals surface area contributed by atoms with Gasteiger partial charge in [0.05, 0.1) is 17.2 Å². The molecule has 4 nitrogen and oxygen atoms in total. The van der Waals surface area contributed by atoms with Crippen LogP contribution in [0.5, 0.6) is 0 Å². The molecule has 21 heavy (non-hydrogen) atoms. The summed E-state index contributed by atoms with van der Waals surface area (Å²) >= 11 is 0. The SMILES string of the molecule is CCOC1(C(NN)c2cnc3ccccc3c2)CCCC1. The van der Waals surface area contributed by atoms with Crippen molar-refractivity contribution in [1.82, 2.24) is 10.4 Å².